The van der Waals surface area contributed by atoms with Gasteiger partial charge < -0.3 is 4.90 Å². The molecule has 2 aromatic rings. The predicted octanol–water partition coefficient (Wildman–Crippen LogP) is 3.29. The molecule has 0 spiro atoms. The van der Waals surface area contributed by atoms with Crippen molar-refractivity contribution >= 4 is 33.2 Å². The molecule has 0 fully saturated rings. The Morgan fingerprint density at radius 2 is 1.88 bits per heavy atom. The van der Waals surface area contributed by atoms with E-state index in [9.17, 15) is 13.2 Å². The molecule has 0 saturated heterocycles. The summed E-state index contributed by atoms with van der Waals surface area (Å²) >= 11 is 5.87. The first-order chi connectivity index (χ1) is 11.8. The minimum absolute atomic E-state index is 0.0381. The Morgan fingerprint density at radius 3 is 2.52 bits per heavy atom. The fourth-order valence-electron chi connectivity index (χ4n) is 2.99. The Hall–Kier alpha value is -1.89. The number of nitrogens with zero attached hydrogens (tertiary/aromatic N) is 1. The molecule has 0 bridgehead atoms. The maximum absolute atomic E-state index is 12.7. The zero-order chi connectivity index (χ0) is 18.2. The zero-order valence-corrected chi connectivity index (χ0v) is 15.6. The summed E-state index contributed by atoms with van der Waals surface area (Å²) in [5, 5.41) is 0.604. The van der Waals surface area contributed by atoms with Gasteiger partial charge in [0.05, 0.1) is 4.90 Å². The van der Waals surface area contributed by atoms with Gasteiger partial charge in [0.2, 0.25) is 15.9 Å². The van der Waals surface area contributed by atoms with Crippen molar-refractivity contribution in [3.63, 3.8) is 0 Å². The van der Waals surface area contributed by atoms with E-state index in [1.807, 2.05) is 0 Å². The lowest BCUT2D eigenvalue weighted by molar-refractivity contribution is -0.116. The average Bonchev–Trinajstić information content (AvgIpc) is 2.98. The van der Waals surface area contributed by atoms with Crippen LogP contribution in [0.4, 0.5) is 5.69 Å². The molecule has 7 heteroatoms. The Morgan fingerprint density at radius 1 is 1.20 bits per heavy atom. The van der Waals surface area contributed by atoms with Crippen LogP contribution >= 0.6 is 11.6 Å². The molecule has 0 unspecified atom stereocenters. The lowest BCUT2D eigenvalue weighted by atomic mass is 10.1. The average molecular weight is 379 g/mol. The monoisotopic (exact) mass is 378 g/mol. The van der Waals surface area contributed by atoms with Gasteiger partial charge >= 0.3 is 0 Å². The standard InChI is InChI=1S/C18H19ClN2O3S/c1-12(14-3-5-16(19)6-4-14)20-25(23,24)17-7-8-18-15(11-17)9-10-21(18)13(2)22/h3-8,11-12,20H,9-10H2,1-2H3/t12-/m0/s1. The molecule has 25 heavy (non-hydrogen) atoms. The number of hydrogen-bond acceptors (Lipinski definition) is 3. The van der Waals surface area contributed by atoms with Crippen molar-refractivity contribution in [2.45, 2.75) is 31.2 Å². The fraction of sp³-hybridized carbons (Fsp3) is 0.278. The molecule has 0 aromatic heterocycles. The van der Waals surface area contributed by atoms with E-state index in [2.05, 4.69) is 4.72 Å². The maximum Gasteiger partial charge on any atom is 0.241 e. The number of halogens is 1. The molecule has 3 rings (SSSR count). The fourth-order valence-corrected chi connectivity index (χ4v) is 4.40. The van der Waals surface area contributed by atoms with E-state index in [0.29, 0.717) is 18.0 Å². The van der Waals surface area contributed by atoms with Gasteiger partial charge in [-0.1, -0.05) is 23.7 Å². The van der Waals surface area contributed by atoms with Gasteiger partial charge in [0.25, 0.3) is 0 Å². The second-order valence-electron chi connectivity index (χ2n) is 6.11. The lowest BCUT2D eigenvalue weighted by Gasteiger charge is -2.17. The molecule has 132 valence electrons. The molecule has 0 aliphatic carbocycles. The van der Waals surface area contributed by atoms with Gasteiger partial charge in [0.15, 0.2) is 0 Å². The van der Waals surface area contributed by atoms with E-state index in [1.54, 1.807) is 48.2 Å². The van der Waals surface area contributed by atoms with Gasteiger partial charge in [-0.2, -0.15) is 0 Å². The van der Waals surface area contributed by atoms with Crippen molar-refractivity contribution < 1.29 is 13.2 Å². The van der Waals surface area contributed by atoms with Crippen LogP contribution in [-0.2, 0) is 21.2 Å². The molecular formula is C18H19ClN2O3S. The number of amides is 1. The normalized spacial score (nSPS) is 15.1. The number of hydrogen-bond donors (Lipinski definition) is 1. The van der Waals surface area contributed by atoms with Crippen LogP contribution in [0.3, 0.4) is 0 Å². The van der Waals surface area contributed by atoms with Gasteiger partial charge in [-0.05, 0) is 54.8 Å². The van der Waals surface area contributed by atoms with Crippen LogP contribution in [0.25, 0.3) is 0 Å². The van der Waals surface area contributed by atoms with Crippen molar-refractivity contribution in [2.24, 2.45) is 0 Å². The summed E-state index contributed by atoms with van der Waals surface area (Å²) in [6.45, 7) is 3.88. The van der Waals surface area contributed by atoms with Crippen LogP contribution in [0.5, 0.6) is 0 Å². The summed E-state index contributed by atoms with van der Waals surface area (Å²) in [6, 6.07) is 11.5. The smallest absolute Gasteiger partial charge is 0.241 e. The molecule has 1 N–H and O–H groups in total. The molecule has 1 amide bonds. The molecule has 1 heterocycles. The van der Waals surface area contributed by atoms with Crippen LogP contribution < -0.4 is 9.62 Å². The maximum atomic E-state index is 12.7. The summed E-state index contributed by atoms with van der Waals surface area (Å²) in [5.41, 5.74) is 2.49. The number of sulfonamides is 1. The molecule has 0 radical (unpaired) electrons. The second-order valence-corrected chi connectivity index (χ2v) is 8.26. The first-order valence-corrected chi connectivity index (χ1v) is 9.83. The topological polar surface area (TPSA) is 66.5 Å². The third kappa shape index (κ3) is 3.71. The summed E-state index contributed by atoms with van der Waals surface area (Å²) < 4.78 is 28.0. The Kier molecular flexibility index (Phi) is 4.86. The van der Waals surface area contributed by atoms with Gasteiger partial charge in [-0.25, -0.2) is 13.1 Å². The Balaban J connectivity index is 1.83. The van der Waals surface area contributed by atoms with E-state index < -0.39 is 10.0 Å². The number of carbonyl (C=O) groups excluding carboxylic acids is 1. The second kappa shape index (κ2) is 6.78. The minimum Gasteiger partial charge on any atom is -0.312 e. The summed E-state index contributed by atoms with van der Waals surface area (Å²) in [4.78, 5) is 13.5. The highest BCUT2D eigenvalue weighted by atomic mass is 35.5. The largest absolute Gasteiger partial charge is 0.312 e. The first-order valence-electron chi connectivity index (χ1n) is 7.97. The van der Waals surface area contributed by atoms with Crippen molar-refractivity contribution in [1.82, 2.24) is 4.72 Å². The highest BCUT2D eigenvalue weighted by Gasteiger charge is 2.25. The van der Waals surface area contributed by atoms with E-state index >= 15 is 0 Å². The third-order valence-corrected chi connectivity index (χ3v) is 6.13. The van der Waals surface area contributed by atoms with Crippen molar-refractivity contribution in [1.29, 1.82) is 0 Å². The number of benzene rings is 2. The number of rotatable bonds is 4. The van der Waals surface area contributed by atoms with Crippen LogP contribution in [0.15, 0.2) is 47.4 Å². The van der Waals surface area contributed by atoms with Crippen LogP contribution in [-0.4, -0.2) is 20.9 Å². The number of carbonyl (C=O) groups is 1. The third-order valence-electron chi connectivity index (χ3n) is 4.34. The molecule has 5 nitrogen and oxygen atoms in total. The predicted molar refractivity (Wildman–Crippen MR) is 98.4 cm³/mol. The number of fused-ring (bicyclic) bond motifs is 1. The van der Waals surface area contributed by atoms with Crippen LogP contribution in [0, 0.1) is 0 Å². The molecular weight excluding hydrogens is 360 g/mol. The molecule has 1 aliphatic heterocycles. The van der Waals surface area contributed by atoms with Gasteiger partial charge in [-0.15, -0.1) is 0 Å². The highest BCUT2D eigenvalue weighted by molar-refractivity contribution is 7.89. The van der Waals surface area contributed by atoms with E-state index in [4.69, 9.17) is 11.6 Å². The zero-order valence-electron chi connectivity index (χ0n) is 14.0. The lowest BCUT2D eigenvalue weighted by Crippen LogP contribution is -2.27. The van der Waals surface area contributed by atoms with Crippen molar-refractivity contribution in [3.05, 3.63) is 58.6 Å². The van der Waals surface area contributed by atoms with Crippen LogP contribution in [0.2, 0.25) is 5.02 Å². The number of nitrogens with one attached hydrogen (secondary N) is 1. The first kappa shape index (κ1) is 17.9. The molecule has 0 saturated carbocycles. The summed E-state index contributed by atoms with van der Waals surface area (Å²) in [7, 11) is -3.66. The Labute approximate surface area is 152 Å². The SMILES string of the molecule is CC(=O)N1CCc2cc(S(=O)(=O)N[C@@H](C)c3ccc(Cl)cc3)ccc21. The number of anilines is 1. The molecule has 1 aliphatic rings. The van der Waals surface area contributed by atoms with Gasteiger partial charge in [0.1, 0.15) is 0 Å². The Bertz CT molecular complexity index is 910. The van der Waals surface area contributed by atoms with E-state index in [-0.39, 0.29) is 16.8 Å². The van der Waals surface area contributed by atoms with Crippen molar-refractivity contribution in [2.75, 3.05) is 11.4 Å². The van der Waals surface area contributed by atoms with E-state index in [0.717, 1.165) is 16.8 Å². The van der Waals surface area contributed by atoms with E-state index in [1.165, 1.54) is 13.0 Å². The molecule has 1 atom stereocenters. The summed E-state index contributed by atoms with van der Waals surface area (Å²) in [5.74, 6) is -0.0381. The van der Waals surface area contributed by atoms with Gasteiger partial charge in [-0.3, -0.25) is 4.79 Å². The quantitative estimate of drug-likeness (QED) is 0.887. The highest BCUT2D eigenvalue weighted by Crippen LogP contribution is 2.30. The summed E-state index contributed by atoms with van der Waals surface area (Å²) in [6.07, 6.45) is 0.658. The minimum atomic E-state index is -3.66. The molecule has 2 aromatic carbocycles. The van der Waals surface area contributed by atoms with Crippen molar-refractivity contribution in [3.8, 4) is 0 Å². The van der Waals surface area contributed by atoms with Crippen LogP contribution in [0.1, 0.15) is 31.0 Å². The van der Waals surface area contributed by atoms with Gasteiger partial charge in [0, 0.05) is 30.2 Å².